The highest BCUT2D eigenvalue weighted by Crippen LogP contribution is 2.38. The summed E-state index contributed by atoms with van der Waals surface area (Å²) in [6.45, 7) is 3.17. The normalized spacial score (nSPS) is 22.4. The van der Waals surface area contributed by atoms with Gasteiger partial charge in [0, 0.05) is 24.6 Å². The highest BCUT2D eigenvalue weighted by molar-refractivity contribution is 5.46. The van der Waals surface area contributed by atoms with E-state index in [0.29, 0.717) is 18.0 Å². The first-order chi connectivity index (χ1) is 10.7. The van der Waals surface area contributed by atoms with Crippen molar-refractivity contribution in [3.05, 3.63) is 23.5 Å². The molecule has 0 amide bonds. The van der Waals surface area contributed by atoms with Gasteiger partial charge >= 0.3 is 0 Å². The van der Waals surface area contributed by atoms with E-state index in [-0.39, 0.29) is 23.5 Å². The van der Waals surface area contributed by atoms with Crippen LogP contribution in [0.4, 0.5) is 4.39 Å². The number of rotatable bonds is 4. The molecule has 3 rings (SSSR count). The zero-order valence-electron chi connectivity index (χ0n) is 13.4. The van der Waals surface area contributed by atoms with Crippen LogP contribution in [0.1, 0.15) is 57.4 Å². The lowest BCUT2D eigenvalue weighted by molar-refractivity contribution is -0.0310. The number of ether oxygens (including phenoxy) is 1. The summed E-state index contributed by atoms with van der Waals surface area (Å²) in [5.74, 6) is 0.0420. The fraction of sp³-hybridized carbons (Fsp3) is 0.667. The van der Waals surface area contributed by atoms with E-state index in [2.05, 4.69) is 11.8 Å². The van der Waals surface area contributed by atoms with Crippen LogP contribution in [0.3, 0.4) is 0 Å². The Labute approximate surface area is 132 Å². The Morgan fingerprint density at radius 2 is 2.00 bits per heavy atom. The molecule has 0 aromatic heterocycles. The van der Waals surface area contributed by atoms with Gasteiger partial charge in [0.25, 0.3) is 0 Å². The first-order valence-corrected chi connectivity index (χ1v) is 8.63. The molecule has 1 fully saturated rings. The quantitative estimate of drug-likeness (QED) is 0.903. The number of aromatic hydroxyl groups is 1. The Hall–Kier alpha value is -1.29. The molecular weight excluding hydrogens is 281 g/mol. The van der Waals surface area contributed by atoms with Crippen molar-refractivity contribution in [3.63, 3.8) is 0 Å². The van der Waals surface area contributed by atoms with Gasteiger partial charge in [0.2, 0.25) is 0 Å². The topological polar surface area (TPSA) is 32.7 Å². The Morgan fingerprint density at radius 3 is 2.73 bits per heavy atom. The minimum absolute atomic E-state index is 0.0631. The minimum atomic E-state index is -0.363. The largest absolute Gasteiger partial charge is 0.508 e. The Morgan fingerprint density at radius 1 is 1.23 bits per heavy atom. The summed E-state index contributed by atoms with van der Waals surface area (Å²) in [6, 6.07) is 3.27. The van der Waals surface area contributed by atoms with Crippen molar-refractivity contribution in [3.8, 4) is 11.5 Å². The number of benzene rings is 1. The second-order valence-corrected chi connectivity index (χ2v) is 6.52. The SMILES string of the molecule is CCCN(C1CCCCC1)C1CCc2c(O)ccc(F)c2O1. The van der Waals surface area contributed by atoms with Gasteiger partial charge in [-0.15, -0.1) is 0 Å². The van der Waals surface area contributed by atoms with Crippen LogP contribution in [0.25, 0.3) is 0 Å². The molecular formula is C18H26FNO2. The molecule has 1 aliphatic carbocycles. The lowest BCUT2D eigenvalue weighted by atomic mass is 9.93. The van der Waals surface area contributed by atoms with E-state index in [0.717, 1.165) is 19.4 Å². The summed E-state index contributed by atoms with van der Waals surface area (Å²) >= 11 is 0. The summed E-state index contributed by atoms with van der Waals surface area (Å²) in [5.41, 5.74) is 0.622. The fourth-order valence-electron chi connectivity index (χ4n) is 3.89. The third-order valence-electron chi connectivity index (χ3n) is 4.98. The highest BCUT2D eigenvalue weighted by atomic mass is 19.1. The van der Waals surface area contributed by atoms with Gasteiger partial charge in [0.15, 0.2) is 17.8 Å². The molecule has 1 unspecified atom stereocenters. The predicted octanol–water partition coefficient (Wildman–Crippen LogP) is 4.23. The molecule has 2 aliphatic rings. The van der Waals surface area contributed by atoms with E-state index in [9.17, 15) is 9.50 Å². The second kappa shape index (κ2) is 6.86. The molecule has 1 atom stereocenters. The Kier molecular flexibility index (Phi) is 4.87. The number of nitrogens with zero attached hydrogens (tertiary/aromatic N) is 1. The van der Waals surface area contributed by atoms with Crippen molar-refractivity contribution in [2.75, 3.05) is 6.54 Å². The Bertz CT molecular complexity index is 514. The van der Waals surface area contributed by atoms with E-state index >= 15 is 0 Å². The Balaban J connectivity index is 1.80. The third kappa shape index (κ3) is 3.07. The summed E-state index contributed by atoms with van der Waals surface area (Å²) < 4.78 is 20.1. The van der Waals surface area contributed by atoms with Crippen LogP contribution in [0, 0.1) is 5.82 Å². The van der Waals surface area contributed by atoms with E-state index < -0.39 is 0 Å². The third-order valence-corrected chi connectivity index (χ3v) is 4.98. The van der Waals surface area contributed by atoms with Crippen LogP contribution in [0.5, 0.6) is 11.5 Å². The average molecular weight is 307 g/mol. The zero-order chi connectivity index (χ0) is 15.5. The molecule has 0 saturated heterocycles. The molecule has 1 aliphatic heterocycles. The number of fused-ring (bicyclic) bond motifs is 1. The van der Waals surface area contributed by atoms with E-state index in [1.54, 1.807) is 0 Å². The number of hydrogen-bond acceptors (Lipinski definition) is 3. The van der Waals surface area contributed by atoms with Gasteiger partial charge in [0.1, 0.15) is 5.75 Å². The van der Waals surface area contributed by atoms with Crippen molar-refractivity contribution in [1.29, 1.82) is 0 Å². The highest BCUT2D eigenvalue weighted by Gasteiger charge is 2.33. The minimum Gasteiger partial charge on any atom is -0.508 e. The smallest absolute Gasteiger partial charge is 0.165 e. The van der Waals surface area contributed by atoms with Crippen LogP contribution < -0.4 is 4.74 Å². The molecule has 0 spiro atoms. The fourth-order valence-corrected chi connectivity index (χ4v) is 3.89. The summed E-state index contributed by atoms with van der Waals surface area (Å²) in [6.07, 6.45) is 8.83. The van der Waals surface area contributed by atoms with Crippen molar-refractivity contribution in [2.24, 2.45) is 0 Å². The molecule has 122 valence electrons. The maximum atomic E-state index is 14.1. The summed E-state index contributed by atoms with van der Waals surface area (Å²) in [7, 11) is 0. The number of hydrogen-bond donors (Lipinski definition) is 1. The monoisotopic (exact) mass is 307 g/mol. The average Bonchev–Trinajstić information content (AvgIpc) is 2.57. The number of phenolic OH excluding ortho intramolecular Hbond substituents is 1. The zero-order valence-corrected chi connectivity index (χ0v) is 13.4. The van der Waals surface area contributed by atoms with Crippen LogP contribution in [0.2, 0.25) is 0 Å². The van der Waals surface area contributed by atoms with Gasteiger partial charge in [0.05, 0.1) is 0 Å². The predicted molar refractivity (Wildman–Crippen MR) is 84.7 cm³/mol. The lowest BCUT2D eigenvalue weighted by Crippen LogP contribution is -2.48. The van der Waals surface area contributed by atoms with Gasteiger partial charge in [-0.25, -0.2) is 4.39 Å². The standard InChI is InChI=1S/C18H26FNO2/c1-2-12-20(13-6-4-3-5-7-13)17-11-8-14-16(21)10-9-15(19)18(14)22-17/h9-10,13,17,21H,2-8,11-12H2,1H3. The number of halogens is 1. The maximum absolute atomic E-state index is 14.1. The molecule has 0 radical (unpaired) electrons. The van der Waals surface area contributed by atoms with Crippen LogP contribution in [-0.4, -0.2) is 28.8 Å². The molecule has 22 heavy (non-hydrogen) atoms. The summed E-state index contributed by atoms with van der Waals surface area (Å²) in [5, 5.41) is 9.90. The molecule has 4 heteroatoms. The molecule has 1 aromatic rings. The van der Waals surface area contributed by atoms with Crippen LogP contribution in [-0.2, 0) is 6.42 Å². The molecule has 1 N–H and O–H groups in total. The van der Waals surface area contributed by atoms with Gasteiger partial charge in [-0.2, -0.15) is 0 Å². The summed E-state index contributed by atoms with van der Waals surface area (Å²) in [4.78, 5) is 2.44. The van der Waals surface area contributed by atoms with Gasteiger partial charge in [-0.05, 0) is 37.8 Å². The van der Waals surface area contributed by atoms with Crippen molar-refractivity contribution in [1.82, 2.24) is 4.90 Å². The van der Waals surface area contributed by atoms with Crippen molar-refractivity contribution < 1.29 is 14.2 Å². The van der Waals surface area contributed by atoms with Crippen molar-refractivity contribution in [2.45, 2.75) is 70.6 Å². The lowest BCUT2D eigenvalue weighted by Gasteiger charge is -2.41. The molecule has 1 saturated carbocycles. The molecule has 1 heterocycles. The van der Waals surface area contributed by atoms with E-state index in [4.69, 9.17) is 4.74 Å². The van der Waals surface area contributed by atoms with Crippen LogP contribution in [0.15, 0.2) is 12.1 Å². The van der Waals surface area contributed by atoms with Gasteiger partial charge in [-0.1, -0.05) is 26.2 Å². The van der Waals surface area contributed by atoms with E-state index in [1.165, 1.54) is 44.2 Å². The molecule has 3 nitrogen and oxygen atoms in total. The number of phenols is 1. The first-order valence-electron chi connectivity index (χ1n) is 8.63. The van der Waals surface area contributed by atoms with E-state index in [1.807, 2.05) is 0 Å². The maximum Gasteiger partial charge on any atom is 0.165 e. The van der Waals surface area contributed by atoms with Crippen molar-refractivity contribution >= 4 is 0 Å². The second-order valence-electron chi connectivity index (χ2n) is 6.52. The van der Waals surface area contributed by atoms with Gasteiger partial charge in [-0.3, -0.25) is 4.90 Å². The van der Waals surface area contributed by atoms with Crippen LogP contribution >= 0.6 is 0 Å². The first kappa shape index (κ1) is 15.6. The molecule has 1 aromatic carbocycles. The van der Waals surface area contributed by atoms with Gasteiger partial charge < -0.3 is 9.84 Å². The molecule has 0 bridgehead atoms.